The first kappa shape index (κ1) is 22.7. The van der Waals surface area contributed by atoms with Gasteiger partial charge in [0.25, 0.3) is 0 Å². The molecule has 3 atom stereocenters. The number of benzene rings is 2. The van der Waals surface area contributed by atoms with Gasteiger partial charge >= 0.3 is 5.97 Å². The number of rotatable bonds is 8. The second kappa shape index (κ2) is 9.97. The molecule has 4 rings (SSSR count). The van der Waals surface area contributed by atoms with Gasteiger partial charge in [-0.3, -0.25) is 4.90 Å². The van der Waals surface area contributed by atoms with Crippen LogP contribution in [0.15, 0.2) is 66.4 Å². The van der Waals surface area contributed by atoms with E-state index in [2.05, 4.69) is 16.7 Å². The second-order valence-corrected chi connectivity index (χ2v) is 7.71. The van der Waals surface area contributed by atoms with Crippen molar-refractivity contribution in [2.24, 2.45) is 0 Å². The van der Waals surface area contributed by atoms with E-state index in [-0.39, 0.29) is 18.1 Å². The number of esters is 1. The minimum Gasteiger partial charge on any atom is -0.672 e. The number of likely N-dealkylation sites (tertiary alicyclic amines) is 1. The maximum atomic E-state index is 11.9. The molecule has 0 saturated carbocycles. The van der Waals surface area contributed by atoms with Gasteiger partial charge in [-0.05, 0) is 55.1 Å². The van der Waals surface area contributed by atoms with E-state index in [0.717, 1.165) is 11.1 Å². The highest BCUT2D eigenvalue weighted by Crippen LogP contribution is 2.43. The van der Waals surface area contributed by atoms with Crippen molar-refractivity contribution >= 4 is 11.7 Å². The number of fused-ring (bicyclic) bond motifs is 1. The van der Waals surface area contributed by atoms with Gasteiger partial charge in [-0.1, -0.05) is 23.8 Å². The summed E-state index contributed by atoms with van der Waals surface area (Å²) >= 11 is 0. The van der Waals surface area contributed by atoms with Crippen LogP contribution in [0.1, 0.15) is 28.8 Å². The average molecular weight is 451 g/mol. The number of hydrogen-bond acceptors (Lipinski definition) is 7. The normalized spacial score (nSPS) is 20.3. The van der Waals surface area contributed by atoms with Gasteiger partial charge in [-0.15, -0.1) is 0 Å². The first-order valence-corrected chi connectivity index (χ1v) is 10.8. The zero-order valence-corrected chi connectivity index (χ0v) is 18.9. The maximum absolute atomic E-state index is 11.9. The Bertz CT molecular complexity index is 1050. The first-order chi connectivity index (χ1) is 16.0. The number of carbonyl (C=O) groups excluding carboxylic acids is 1. The zero-order chi connectivity index (χ0) is 23.4. The van der Waals surface area contributed by atoms with Gasteiger partial charge in [-0.2, -0.15) is 6.20 Å². The number of nitrogens with one attached hydrogen (secondary N) is 1. The van der Waals surface area contributed by atoms with Crippen LogP contribution < -0.4 is 14.8 Å². The molecule has 3 unspecified atom stereocenters. The van der Waals surface area contributed by atoms with Crippen molar-refractivity contribution < 1.29 is 24.1 Å². The lowest BCUT2D eigenvalue weighted by Gasteiger charge is -2.40. The third-order valence-corrected chi connectivity index (χ3v) is 5.83. The van der Waals surface area contributed by atoms with Crippen molar-refractivity contribution in [3.8, 4) is 11.5 Å². The van der Waals surface area contributed by atoms with Crippen LogP contribution in [0.5, 0.6) is 11.5 Å². The molecule has 174 valence electrons. The molecule has 1 saturated heterocycles. The van der Waals surface area contributed by atoms with Crippen LogP contribution in [0.4, 0.5) is 5.69 Å². The summed E-state index contributed by atoms with van der Waals surface area (Å²) in [5, 5.41) is 18.7. The molecule has 33 heavy (non-hydrogen) atoms. The van der Waals surface area contributed by atoms with Gasteiger partial charge in [0.15, 0.2) is 17.9 Å². The molecular weight excluding hydrogens is 422 g/mol. The van der Waals surface area contributed by atoms with E-state index in [1.54, 1.807) is 51.6 Å². The Balaban J connectivity index is 1.52. The Hall–Kier alpha value is -3.49. The Kier molecular flexibility index (Phi) is 6.86. The van der Waals surface area contributed by atoms with Crippen molar-refractivity contribution in [1.29, 1.82) is 0 Å². The minimum atomic E-state index is -0.979. The van der Waals surface area contributed by atoms with Gasteiger partial charge in [0.2, 0.25) is 0 Å². The molecule has 2 aromatic rings. The van der Waals surface area contributed by atoms with Crippen LogP contribution >= 0.6 is 0 Å². The van der Waals surface area contributed by atoms with Gasteiger partial charge < -0.3 is 30.0 Å². The number of aliphatic hydroxyl groups excluding tert-OH is 1. The van der Waals surface area contributed by atoms with E-state index in [9.17, 15) is 9.90 Å². The molecule has 2 aliphatic heterocycles. The van der Waals surface area contributed by atoms with Crippen molar-refractivity contribution in [2.45, 2.75) is 25.4 Å². The molecule has 0 radical (unpaired) electrons. The number of ether oxygens (including phenoxy) is 3. The highest BCUT2D eigenvalue weighted by Gasteiger charge is 2.36. The van der Waals surface area contributed by atoms with Crippen LogP contribution in [-0.4, -0.2) is 55.9 Å². The standard InChI is InChI=1S/C25H28N3O5/c1-4-33-24(29)16-7-10-18(11-8-16)27-25(30)28-15-20(19-6-5-13-26-23(19)28)17-9-12-21(31-2)22(14-17)32-3/h5-14,20,23,25,30H,4,15H2,1-3H3,(H,27,29)/q-1. The SMILES string of the molecule is CCOC(=O)c1ccc(NC(O)N2CC(c3ccc(OC)c(OC)c3)C3=CC=C[N-]C32)cc1. The molecule has 8 nitrogen and oxygen atoms in total. The van der Waals surface area contributed by atoms with Crippen LogP contribution in [0.2, 0.25) is 0 Å². The Labute approximate surface area is 193 Å². The Morgan fingerprint density at radius 2 is 1.94 bits per heavy atom. The minimum absolute atomic E-state index is 0.0335. The summed E-state index contributed by atoms with van der Waals surface area (Å²) in [6.07, 6.45) is 4.46. The molecule has 2 aliphatic rings. The van der Waals surface area contributed by atoms with Crippen molar-refractivity contribution in [1.82, 2.24) is 4.90 Å². The number of aliphatic hydroxyl groups is 1. The molecule has 0 amide bonds. The first-order valence-electron chi connectivity index (χ1n) is 10.8. The predicted octanol–water partition coefficient (Wildman–Crippen LogP) is 3.82. The van der Waals surface area contributed by atoms with Gasteiger partial charge in [-0.25, -0.2) is 4.79 Å². The fourth-order valence-corrected chi connectivity index (χ4v) is 4.20. The molecule has 0 bridgehead atoms. The largest absolute Gasteiger partial charge is 0.672 e. The molecule has 0 aliphatic carbocycles. The lowest BCUT2D eigenvalue weighted by molar-refractivity contribution is 0.0287. The maximum Gasteiger partial charge on any atom is 0.338 e. The van der Waals surface area contributed by atoms with Crippen molar-refractivity contribution in [2.75, 3.05) is 32.7 Å². The van der Waals surface area contributed by atoms with Gasteiger partial charge in [0.1, 0.15) is 0 Å². The number of anilines is 1. The molecule has 2 N–H and O–H groups in total. The summed E-state index contributed by atoms with van der Waals surface area (Å²) in [6, 6.07) is 12.7. The van der Waals surface area contributed by atoms with E-state index >= 15 is 0 Å². The quantitative estimate of drug-likeness (QED) is 0.466. The summed E-state index contributed by atoms with van der Waals surface area (Å²) in [5.74, 6) is 0.993. The lowest BCUT2D eigenvalue weighted by atomic mass is 9.91. The molecule has 1 fully saturated rings. The van der Waals surface area contributed by atoms with Gasteiger partial charge in [0.05, 0.1) is 26.4 Å². The second-order valence-electron chi connectivity index (χ2n) is 7.71. The predicted molar refractivity (Wildman–Crippen MR) is 125 cm³/mol. The number of methoxy groups -OCH3 is 2. The highest BCUT2D eigenvalue weighted by molar-refractivity contribution is 5.89. The van der Waals surface area contributed by atoms with Crippen LogP contribution in [0, 0.1) is 0 Å². The Morgan fingerprint density at radius 3 is 2.64 bits per heavy atom. The summed E-state index contributed by atoms with van der Waals surface area (Å²) in [4.78, 5) is 13.8. The van der Waals surface area contributed by atoms with E-state index in [1.807, 2.05) is 29.2 Å². The average Bonchev–Trinajstić information content (AvgIpc) is 3.24. The molecule has 8 heteroatoms. The smallest absolute Gasteiger partial charge is 0.338 e. The number of nitrogens with zero attached hydrogens (tertiary/aromatic N) is 2. The van der Waals surface area contributed by atoms with E-state index in [4.69, 9.17) is 14.2 Å². The molecule has 0 aromatic heterocycles. The summed E-state index contributed by atoms with van der Waals surface area (Å²) < 4.78 is 15.9. The van der Waals surface area contributed by atoms with Crippen LogP contribution in [0.3, 0.4) is 0 Å². The molecule has 0 spiro atoms. The monoisotopic (exact) mass is 450 g/mol. The fourth-order valence-electron chi connectivity index (χ4n) is 4.20. The summed E-state index contributed by atoms with van der Waals surface area (Å²) in [6.45, 7) is 2.65. The topological polar surface area (TPSA) is 94.4 Å². The molecule has 2 heterocycles. The van der Waals surface area contributed by atoms with Crippen molar-refractivity contribution in [3.63, 3.8) is 0 Å². The highest BCUT2D eigenvalue weighted by atomic mass is 16.5. The fraction of sp³-hybridized carbons (Fsp3) is 0.320. The summed E-state index contributed by atoms with van der Waals surface area (Å²) in [7, 11) is 3.23. The molecule has 2 aromatic carbocycles. The molecular formula is C25H28N3O5-. The Morgan fingerprint density at radius 1 is 1.18 bits per heavy atom. The van der Waals surface area contributed by atoms with Crippen LogP contribution in [-0.2, 0) is 4.74 Å². The van der Waals surface area contributed by atoms with E-state index in [0.29, 0.717) is 35.9 Å². The number of allylic oxidation sites excluding steroid dienone is 2. The van der Waals surface area contributed by atoms with Gasteiger partial charge in [0, 0.05) is 18.2 Å². The van der Waals surface area contributed by atoms with E-state index in [1.165, 1.54) is 0 Å². The third-order valence-electron chi connectivity index (χ3n) is 5.83. The zero-order valence-electron chi connectivity index (χ0n) is 18.9. The lowest BCUT2D eigenvalue weighted by Crippen LogP contribution is -2.43. The van der Waals surface area contributed by atoms with Crippen molar-refractivity contribution in [3.05, 3.63) is 82.8 Å². The van der Waals surface area contributed by atoms with Crippen LogP contribution in [0.25, 0.3) is 5.32 Å². The third kappa shape index (κ3) is 4.67. The number of carbonyl (C=O) groups is 1. The van der Waals surface area contributed by atoms with E-state index < -0.39 is 6.35 Å². The summed E-state index contributed by atoms with van der Waals surface area (Å²) in [5.41, 5.74) is 3.30. The number of hydrogen-bond donors (Lipinski definition) is 2.